The van der Waals surface area contributed by atoms with E-state index >= 15 is 0 Å². The van der Waals surface area contributed by atoms with Gasteiger partial charge in [-0.3, -0.25) is 4.79 Å². The van der Waals surface area contributed by atoms with Gasteiger partial charge >= 0.3 is 12.0 Å². The number of rotatable bonds is 4. The molecule has 8 nitrogen and oxygen atoms in total. The quantitative estimate of drug-likeness (QED) is 0.783. The highest BCUT2D eigenvalue weighted by molar-refractivity contribution is 6.00. The monoisotopic (exact) mass is 339 g/mol. The minimum absolute atomic E-state index is 0.211. The molecule has 1 aromatic carbocycles. The number of nitrogens with zero attached hydrogens (tertiary/aromatic N) is 2. The van der Waals surface area contributed by atoms with E-state index in [1.165, 1.54) is 34.1 Å². The molecule has 24 heavy (non-hydrogen) atoms. The van der Waals surface area contributed by atoms with Crippen LogP contribution in [0.3, 0.4) is 0 Å². The van der Waals surface area contributed by atoms with Gasteiger partial charge in [0.1, 0.15) is 5.82 Å². The van der Waals surface area contributed by atoms with E-state index in [-0.39, 0.29) is 32.2 Å². The van der Waals surface area contributed by atoms with Crippen molar-refractivity contribution in [3.05, 3.63) is 30.1 Å². The number of hydrogen-bond acceptors (Lipinski definition) is 4. The Bertz CT molecular complexity index is 614. The van der Waals surface area contributed by atoms with Crippen LogP contribution in [0.1, 0.15) is 0 Å². The number of ether oxygens (including phenoxy) is 1. The van der Waals surface area contributed by atoms with Gasteiger partial charge in [0, 0.05) is 39.0 Å². The van der Waals surface area contributed by atoms with Gasteiger partial charge in [0.25, 0.3) is 5.91 Å². The van der Waals surface area contributed by atoms with Crippen molar-refractivity contribution >= 4 is 23.6 Å². The second kappa shape index (κ2) is 7.73. The molecule has 0 aliphatic carbocycles. The number of piperazine rings is 1. The average molecular weight is 339 g/mol. The van der Waals surface area contributed by atoms with E-state index in [4.69, 9.17) is 5.11 Å². The van der Waals surface area contributed by atoms with Gasteiger partial charge in [-0.1, -0.05) is 0 Å². The molecule has 1 aliphatic rings. The van der Waals surface area contributed by atoms with Gasteiger partial charge in [-0.05, 0) is 24.3 Å². The maximum atomic E-state index is 12.8. The number of carboxylic acid groups (broad SMARTS) is 1. The Morgan fingerprint density at radius 1 is 1.12 bits per heavy atom. The highest BCUT2D eigenvalue weighted by atomic mass is 19.1. The van der Waals surface area contributed by atoms with Gasteiger partial charge in [0.2, 0.25) is 6.10 Å². The predicted molar refractivity (Wildman–Crippen MR) is 82.0 cm³/mol. The minimum Gasteiger partial charge on any atom is -0.479 e. The Labute approximate surface area is 137 Å². The van der Waals surface area contributed by atoms with Gasteiger partial charge in [0.05, 0.1) is 0 Å². The first-order chi connectivity index (χ1) is 11.4. The molecular formula is C15H18FN3O5. The van der Waals surface area contributed by atoms with E-state index in [0.29, 0.717) is 5.69 Å². The van der Waals surface area contributed by atoms with Crippen molar-refractivity contribution in [3.8, 4) is 0 Å². The number of aliphatic carboxylic acids is 1. The van der Waals surface area contributed by atoms with E-state index < -0.39 is 23.8 Å². The molecule has 3 amide bonds. The molecular weight excluding hydrogens is 321 g/mol. The Hall–Kier alpha value is -2.68. The number of halogens is 1. The fourth-order valence-electron chi connectivity index (χ4n) is 2.34. The van der Waals surface area contributed by atoms with E-state index in [0.717, 1.165) is 7.11 Å². The third kappa shape index (κ3) is 4.19. The molecule has 130 valence electrons. The zero-order chi connectivity index (χ0) is 17.7. The molecule has 0 aromatic heterocycles. The van der Waals surface area contributed by atoms with Crippen LogP contribution >= 0.6 is 0 Å². The van der Waals surface area contributed by atoms with Crippen molar-refractivity contribution in [1.29, 1.82) is 0 Å². The standard InChI is InChI=1S/C15H18FN3O5/c1-24-12(14(21)22)13(20)18-6-8-19(9-7-18)15(23)17-11-4-2-10(16)3-5-11/h2-5,12H,6-9H2,1H3,(H,17,23)(H,21,22). The fourth-order valence-corrected chi connectivity index (χ4v) is 2.34. The van der Waals surface area contributed by atoms with Crippen molar-refractivity contribution in [3.63, 3.8) is 0 Å². The van der Waals surface area contributed by atoms with Crippen molar-refractivity contribution in [2.75, 3.05) is 38.6 Å². The number of urea groups is 1. The number of methoxy groups -OCH3 is 1. The molecule has 0 radical (unpaired) electrons. The highest BCUT2D eigenvalue weighted by Crippen LogP contribution is 2.11. The van der Waals surface area contributed by atoms with Crippen LogP contribution in [0, 0.1) is 5.82 Å². The Kier molecular flexibility index (Phi) is 5.69. The number of carbonyl (C=O) groups is 3. The zero-order valence-corrected chi connectivity index (χ0v) is 13.1. The zero-order valence-electron chi connectivity index (χ0n) is 13.1. The van der Waals surface area contributed by atoms with Crippen molar-refractivity contribution < 1.29 is 28.6 Å². The van der Waals surface area contributed by atoms with Crippen molar-refractivity contribution in [1.82, 2.24) is 9.80 Å². The summed E-state index contributed by atoms with van der Waals surface area (Å²) < 4.78 is 17.5. The highest BCUT2D eigenvalue weighted by Gasteiger charge is 2.33. The average Bonchev–Trinajstić information content (AvgIpc) is 2.57. The molecule has 0 bridgehead atoms. The number of nitrogens with one attached hydrogen (secondary N) is 1. The lowest BCUT2D eigenvalue weighted by molar-refractivity contribution is -0.160. The molecule has 0 spiro atoms. The van der Waals surface area contributed by atoms with Crippen LogP contribution < -0.4 is 5.32 Å². The van der Waals surface area contributed by atoms with Crippen LogP contribution in [-0.2, 0) is 14.3 Å². The van der Waals surface area contributed by atoms with Crippen LogP contribution in [0.4, 0.5) is 14.9 Å². The van der Waals surface area contributed by atoms with Crippen LogP contribution in [0.15, 0.2) is 24.3 Å². The van der Waals surface area contributed by atoms with Crippen molar-refractivity contribution in [2.24, 2.45) is 0 Å². The van der Waals surface area contributed by atoms with E-state index in [9.17, 15) is 18.8 Å². The molecule has 0 saturated carbocycles. The molecule has 9 heteroatoms. The lowest BCUT2D eigenvalue weighted by atomic mass is 10.2. The van der Waals surface area contributed by atoms with Gasteiger partial charge < -0.3 is 25.0 Å². The molecule has 1 fully saturated rings. The summed E-state index contributed by atoms with van der Waals surface area (Å²) in [5, 5.41) is 11.6. The van der Waals surface area contributed by atoms with Crippen LogP contribution in [-0.4, -0.2) is 72.2 Å². The minimum atomic E-state index is -1.54. The lowest BCUT2D eigenvalue weighted by Crippen LogP contribution is -2.55. The lowest BCUT2D eigenvalue weighted by Gasteiger charge is -2.35. The van der Waals surface area contributed by atoms with Crippen molar-refractivity contribution in [2.45, 2.75) is 6.10 Å². The maximum Gasteiger partial charge on any atom is 0.342 e. The van der Waals surface area contributed by atoms with Crippen LogP contribution in [0.2, 0.25) is 0 Å². The summed E-state index contributed by atoms with van der Waals surface area (Å²) in [5.41, 5.74) is 0.463. The molecule has 2 N–H and O–H groups in total. The summed E-state index contributed by atoms with van der Waals surface area (Å²) in [6, 6.07) is 5.01. The Balaban J connectivity index is 1.87. The number of carbonyl (C=O) groups excluding carboxylic acids is 2. The Morgan fingerprint density at radius 2 is 1.67 bits per heavy atom. The third-order valence-electron chi connectivity index (χ3n) is 3.66. The van der Waals surface area contributed by atoms with Gasteiger partial charge in [-0.15, -0.1) is 0 Å². The first-order valence-corrected chi connectivity index (χ1v) is 7.28. The summed E-state index contributed by atoms with van der Waals surface area (Å²) in [6.07, 6.45) is -1.54. The second-order valence-corrected chi connectivity index (χ2v) is 5.20. The van der Waals surface area contributed by atoms with Gasteiger partial charge in [0.15, 0.2) is 0 Å². The molecule has 1 atom stereocenters. The van der Waals surface area contributed by atoms with Crippen LogP contribution in [0.25, 0.3) is 0 Å². The summed E-state index contributed by atoms with van der Waals surface area (Å²) in [5.74, 6) is -2.38. The largest absolute Gasteiger partial charge is 0.479 e. The summed E-state index contributed by atoms with van der Waals surface area (Å²) >= 11 is 0. The smallest absolute Gasteiger partial charge is 0.342 e. The number of carboxylic acids is 1. The SMILES string of the molecule is COC(C(=O)O)C(=O)N1CCN(C(=O)Nc2ccc(F)cc2)CC1. The first-order valence-electron chi connectivity index (χ1n) is 7.28. The number of anilines is 1. The summed E-state index contributed by atoms with van der Waals surface area (Å²) in [7, 11) is 1.16. The van der Waals surface area contributed by atoms with Crippen LogP contribution in [0.5, 0.6) is 0 Å². The molecule has 1 saturated heterocycles. The molecule has 1 aliphatic heterocycles. The van der Waals surface area contributed by atoms with Gasteiger partial charge in [-0.25, -0.2) is 14.0 Å². The van der Waals surface area contributed by atoms with E-state index in [2.05, 4.69) is 10.1 Å². The molecule has 1 unspecified atom stereocenters. The molecule has 2 rings (SSSR count). The summed E-state index contributed by atoms with van der Waals surface area (Å²) in [6.45, 7) is 0.940. The number of benzene rings is 1. The predicted octanol–water partition coefficient (Wildman–Crippen LogP) is 0.601. The first kappa shape index (κ1) is 17.7. The van der Waals surface area contributed by atoms with Gasteiger partial charge in [-0.2, -0.15) is 0 Å². The fraction of sp³-hybridized carbons (Fsp3) is 0.400. The third-order valence-corrected chi connectivity index (χ3v) is 3.66. The van der Waals surface area contributed by atoms with E-state index in [1.54, 1.807) is 0 Å². The normalized spacial score (nSPS) is 15.8. The summed E-state index contributed by atoms with van der Waals surface area (Å²) in [4.78, 5) is 37.9. The second-order valence-electron chi connectivity index (χ2n) is 5.20. The van der Waals surface area contributed by atoms with E-state index in [1.807, 2.05) is 0 Å². The maximum absolute atomic E-state index is 12.8. The molecule has 1 heterocycles. The molecule has 1 aromatic rings. The topological polar surface area (TPSA) is 99.2 Å². The Morgan fingerprint density at radius 3 is 2.17 bits per heavy atom. The number of hydrogen-bond donors (Lipinski definition) is 2. The number of amides is 3.